The second-order valence-corrected chi connectivity index (χ2v) is 4.67. The van der Waals surface area contributed by atoms with E-state index in [9.17, 15) is 4.79 Å². The van der Waals surface area contributed by atoms with Crippen molar-refractivity contribution in [3.63, 3.8) is 0 Å². The van der Waals surface area contributed by atoms with Crippen molar-refractivity contribution in [2.75, 3.05) is 5.32 Å². The largest absolute Gasteiger partial charge is 0.465 e. The van der Waals surface area contributed by atoms with Gasteiger partial charge in [0.15, 0.2) is 0 Å². The van der Waals surface area contributed by atoms with Crippen molar-refractivity contribution in [2.45, 2.75) is 6.92 Å². The number of carbonyl (C=O) groups excluding carboxylic acids is 1. The van der Waals surface area contributed by atoms with E-state index in [2.05, 4.69) is 10.3 Å². The summed E-state index contributed by atoms with van der Waals surface area (Å²) in [4.78, 5) is 16.5. The van der Waals surface area contributed by atoms with Gasteiger partial charge in [0, 0.05) is 17.2 Å². The van der Waals surface area contributed by atoms with Crippen LogP contribution in [-0.2, 0) is 4.79 Å². The van der Waals surface area contributed by atoms with Gasteiger partial charge in [0.05, 0.1) is 17.5 Å². The van der Waals surface area contributed by atoms with Crippen LogP contribution in [-0.4, -0.2) is 10.9 Å². The molecule has 3 aromatic rings. The molecule has 1 amide bonds. The molecule has 104 valence electrons. The Hall–Kier alpha value is -2.88. The number of hydrogen-bond donors (Lipinski definition) is 1. The van der Waals surface area contributed by atoms with Gasteiger partial charge in [-0.2, -0.15) is 0 Å². The average molecular weight is 278 g/mol. The van der Waals surface area contributed by atoms with E-state index in [1.54, 1.807) is 24.5 Å². The van der Waals surface area contributed by atoms with Crippen LogP contribution in [0.25, 0.3) is 17.0 Å². The van der Waals surface area contributed by atoms with E-state index in [-0.39, 0.29) is 5.91 Å². The zero-order valence-corrected chi connectivity index (χ0v) is 11.5. The third-order valence-electron chi connectivity index (χ3n) is 3.06. The number of fused-ring (bicyclic) bond motifs is 1. The first-order valence-electron chi connectivity index (χ1n) is 6.61. The topological polar surface area (TPSA) is 55.1 Å². The molecule has 0 aliphatic carbocycles. The van der Waals surface area contributed by atoms with Gasteiger partial charge in [0.2, 0.25) is 5.91 Å². The summed E-state index contributed by atoms with van der Waals surface area (Å²) in [7, 11) is 0. The minimum atomic E-state index is -0.220. The van der Waals surface area contributed by atoms with Crippen LogP contribution < -0.4 is 5.32 Å². The van der Waals surface area contributed by atoms with Gasteiger partial charge in [0.1, 0.15) is 5.76 Å². The van der Waals surface area contributed by atoms with Crippen molar-refractivity contribution in [3.05, 3.63) is 66.3 Å². The zero-order chi connectivity index (χ0) is 14.7. The lowest BCUT2D eigenvalue weighted by molar-refractivity contribution is -0.111. The Morgan fingerprint density at radius 3 is 2.90 bits per heavy atom. The van der Waals surface area contributed by atoms with Crippen LogP contribution in [0.15, 0.2) is 59.2 Å². The van der Waals surface area contributed by atoms with Crippen LogP contribution >= 0.6 is 0 Å². The number of anilines is 1. The van der Waals surface area contributed by atoms with Gasteiger partial charge in [-0.1, -0.05) is 18.2 Å². The number of amides is 1. The summed E-state index contributed by atoms with van der Waals surface area (Å²) in [6, 6.07) is 13.2. The molecule has 2 aromatic heterocycles. The molecule has 0 aliphatic rings. The van der Waals surface area contributed by atoms with E-state index in [4.69, 9.17) is 4.42 Å². The van der Waals surface area contributed by atoms with Crippen molar-refractivity contribution in [1.29, 1.82) is 0 Å². The third-order valence-corrected chi connectivity index (χ3v) is 3.06. The van der Waals surface area contributed by atoms with Gasteiger partial charge in [-0.3, -0.25) is 9.78 Å². The third kappa shape index (κ3) is 3.00. The molecule has 0 fully saturated rings. The SMILES string of the molecule is Cc1ccc2cccc(NC(=O)C=Cc3ccco3)c2n1. The number of aryl methyl sites for hydroxylation is 1. The van der Waals surface area contributed by atoms with E-state index >= 15 is 0 Å². The Morgan fingerprint density at radius 2 is 2.10 bits per heavy atom. The number of carbonyl (C=O) groups is 1. The standard InChI is InChI=1S/C17H14N2O2/c1-12-7-8-13-4-2-6-15(17(13)18-12)19-16(20)10-9-14-5-3-11-21-14/h2-11H,1H3,(H,19,20). The number of nitrogens with zero attached hydrogens (tertiary/aromatic N) is 1. The normalized spacial score (nSPS) is 11.1. The highest BCUT2D eigenvalue weighted by atomic mass is 16.3. The van der Waals surface area contributed by atoms with Crippen LogP contribution in [0.2, 0.25) is 0 Å². The molecule has 0 radical (unpaired) electrons. The van der Waals surface area contributed by atoms with E-state index in [0.29, 0.717) is 11.4 Å². The number of furan rings is 1. The van der Waals surface area contributed by atoms with Gasteiger partial charge in [0.25, 0.3) is 0 Å². The van der Waals surface area contributed by atoms with E-state index in [0.717, 1.165) is 16.6 Å². The lowest BCUT2D eigenvalue weighted by atomic mass is 10.1. The number of benzene rings is 1. The molecule has 1 N–H and O–H groups in total. The molecule has 0 spiro atoms. The van der Waals surface area contributed by atoms with Crippen LogP contribution in [0.3, 0.4) is 0 Å². The number of nitrogens with one attached hydrogen (secondary N) is 1. The van der Waals surface area contributed by atoms with Gasteiger partial charge >= 0.3 is 0 Å². The fourth-order valence-corrected chi connectivity index (χ4v) is 2.06. The molecular formula is C17H14N2O2. The molecule has 3 rings (SSSR count). The summed E-state index contributed by atoms with van der Waals surface area (Å²) in [5.41, 5.74) is 2.40. The first-order valence-corrected chi connectivity index (χ1v) is 6.61. The first-order chi connectivity index (χ1) is 10.2. The molecule has 0 aliphatic heterocycles. The Bertz CT molecular complexity index is 805. The Balaban J connectivity index is 1.84. The van der Waals surface area contributed by atoms with Crippen molar-refractivity contribution in [3.8, 4) is 0 Å². The minimum absolute atomic E-state index is 0.220. The molecule has 0 saturated carbocycles. The Morgan fingerprint density at radius 1 is 1.19 bits per heavy atom. The summed E-state index contributed by atoms with van der Waals surface area (Å²) in [5, 5.41) is 3.84. The summed E-state index contributed by atoms with van der Waals surface area (Å²) >= 11 is 0. The van der Waals surface area contributed by atoms with E-state index in [1.807, 2.05) is 37.3 Å². The maximum atomic E-state index is 12.0. The van der Waals surface area contributed by atoms with Crippen molar-refractivity contribution < 1.29 is 9.21 Å². The smallest absolute Gasteiger partial charge is 0.248 e. The lowest BCUT2D eigenvalue weighted by Crippen LogP contribution is -2.08. The summed E-state index contributed by atoms with van der Waals surface area (Å²) in [5.74, 6) is 0.416. The molecule has 0 unspecified atom stereocenters. The molecule has 21 heavy (non-hydrogen) atoms. The molecule has 2 heterocycles. The zero-order valence-electron chi connectivity index (χ0n) is 11.5. The highest BCUT2D eigenvalue weighted by molar-refractivity contribution is 6.06. The highest BCUT2D eigenvalue weighted by Crippen LogP contribution is 2.21. The fourth-order valence-electron chi connectivity index (χ4n) is 2.06. The minimum Gasteiger partial charge on any atom is -0.465 e. The molecule has 0 saturated heterocycles. The highest BCUT2D eigenvalue weighted by Gasteiger charge is 2.05. The molecular weight excluding hydrogens is 264 g/mol. The van der Waals surface area contributed by atoms with Crippen LogP contribution in [0.1, 0.15) is 11.5 Å². The van der Waals surface area contributed by atoms with Gasteiger partial charge < -0.3 is 9.73 Å². The molecule has 0 bridgehead atoms. The number of aromatic nitrogens is 1. The monoisotopic (exact) mass is 278 g/mol. The number of para-hydroxylation sites is 1. The van der Waals surface area contributed by atoms with Crippen molar-refractivity contribution in [2.24, 2.45) is 0 Å². The maximum Gasteiger partial charge on any atom is 0.248 e. The quantitative estimate of drug-likeness (QED) is 0.742. The van der Waals surface area contributed by atoms with Crippen LogP contribution in [0.4, 0.5) is 5.69 Å². The summed E-state index contributed by atoms with van der Waals surface area (Å²) in [6.45, 7) is 1.93. The van der Waals surface area contributed by atoms with E-state index in [1.165, 1.54) is 6.08 Å². The van der Waals surface area contributed by atoms with Gasteiger partial charge in [-0.15, -0.1) is 0 Å². The second kappa shape index (κ2) is 5.63. The maximum absolute atomic E-state index is 12.0. The number of rotatable bonds is 3. The van der Waals surface area contributed by atoms with Gasteiger partial charge in [-0.05, 0) is 37.3 Å². The summed E-state index contributed by atoms with van der Waals surface area (Å²) < 4.78 is 5.14. The molecule has 0 atom stereocenters. The van der Waals surface area contributed by atoms with Crippen molar-refractivity contribution >= 4 is 28.6 Å². The first kappa shape index (κ1) is 13.1. The molecule has 1 aromatic carbocycles. The number of hydrogen-bond acceptors (Lipinski definition) is 3. The van der Waals surface area contributed by atoms with Crippen LogP contribution in [0.5, 0.6) is 0 Å². The predicted octanol–water partition coefficient (Wildman–Crippen LogP) is 3.79. The summed E-state index contributed by atoms with van der Waals surface area (Å²) in [6.07, 6.45) is 4.63. The van der Waals surface area contributed by atoms with E-state index < -0.39 is 0 Å². The predicted molar refractivity (Wildman–Crippen MR) is 82.9 cm³/mol. The average Bonchev–Trinajstić information content (AvgIpc) is 2.99. The lowest BCUT2D eigenvalue weighted by Gasteiger charge is -2.06. The van der Waals surface area contributed by atoms with Gasteiger partial charge in [-0.25, -0.2) is 0 Å². The number of pyridine rings is 1. The second-order valence-electron chi connectivity index (χ2n) is 4.67. The van der Waals surface area contributed by atoms with Crippen LogP contribution in [0, 0.1) is 6.92 Å². The Labute approximate surface area is 122 Å². The molecule has 4 heteroatoms. The van der Waals surface area contributed by atoms with Crippen molar-refractivity contribution in [1.82, 2.24) is 4.98 Å². The molecule has 4 nitrogen and oxygen atoms in total. The fraction of sp³-hybridized carbons (Fsp3) is 0.0588. The Kier molecular flexibility index (Phi) is 3.51.